The Morgan fingerprint density at radius 1 is 1.44 bits per heavy atom. The van der Waals surface area contributed by atoms with Gasteiger partial charge in [-0.15, -0.1) is 0 Å². The van der Waals surface area contributed by atoms with Crippen LogP contribution >= 0.6 is 0 Å². The molecule has 0 bridgehead atoms. The molecule has 1 aromatic rings. The Bertz CT molecular complexity index is 299. The minimum Gasteiger partial charge on any atom is -0.354 e. The second-order valence-electron chi connectivity index (χ2n) is 5.02. The minimum atomic E-state index is 1.03. The van der Waals surface area contributed by atoms with Crippen LogP contribution < -0.4 is 5.32 Å². The molecule has 0 atom stereocenters. The van der Waals surface area contributed by atoms with Crippen molar-refractivity contribution >= 4 is 0 Å². The summed E-state index contributed by atoms with van der Waals surface area (Å²) in [6.45, 7) is 5.58. The van der Waals surface area contributed by atoms with Crippen LogP contribution in [0.4, 0.5) is 0 Å². The van der Waals surface area contributed by atoms with Gasteiger partial charge in [0.25, 0.3) is 0 Å². The van der Waals surface area contributed by atoms with Crippen molar-refractivity contribution in [2.75, 3.05) is 6.54 Å². The predicted octanol–water partition coefficient (Wildman–Crippen LogP) is 3.18. The zero-order valence-electron chi connectivity index (χ0n) is 10.4. The van der Waals surface area contributed by atoms with Gasteiger partial charge in [-0.25, -0.2) is 0 Å². The van der Waals surface area contributed by atoms with E-state index in [1.807, 2.05) is 0 Å². The second kappa shape index (κ2) is 6.09. The summed E-state index contributed by atoms with van der Waals surface area (Å²) in [6, 6.07) is 2.23. The maximum atomic E-state index is 3.54. The van der Waals surface area contributed by atoms with Gasteiger partial charge < -0.3 is 9.88 Å². The molecule has 2 nitrogen and oxygen atoms in total. The molecule has 1 saturated carbocycles. The normalized spacial score (nSPS) is 16.3. The Hall–Kier alpha value is -0.760. The number of aryl methyl sites for hydroxylation is 1. The highest BCUT2D eigenvalue weighted by molar-refractivity contribution is 5.09. The van der Waals surface area contributed by atoms with Crippen LogP contribution in [0.25, 0.3) is 0 Å². The van der Waals surface area contributed by atoms with Gasteiger partial charge in [0.2, 0.25) is 0 Å². The van der Waals surface area contributed by atoms with Crippen LogP contribution in [0.1, 0.15) is 44.6 Å². The minimum absolute atomic E-state index is 1.03. The van der Waals surface area contributed by atoms with Crippen molar-refractivity contribution < 1.29 is 0 Å². The molecule has 1 aromatic heterocycles. The Kier molecular flexibility index (Phi) is 4.46. The summed E-state index contributed by atoms with van der Waals surface area (Å²) in [6.07, 6.45) is 11.4. The highest BCUT2D eigenvalue weighted by Crippen LogP contribution is 2.28. The van der Waals surface area contributed by atoms with Gasteiger partial charge in [0.05, 0.1) is 0 Å². The highest BCUT2D eigenvalue weighted by atomic mass is 14.9. The van der Waals surface area contributed by atoms with Crippen molar-refractivity contribution in [1.29, 1.82) is 0 Å². The van der Waals surface area contributed by atoms with Crippen molar-refractivity contribution in [3.8, 4) is 0 Å². The Balaban J connectivity index is 1.60. The van der Waals surface area contributed by atoms with E-state index in [4.69, 9.17) is 0 Å². The number of hydrogen-bond donors (Lipinski definition) is 1. The third-order valence-corrected chi connectivity index (χ3v) is 3.58. The molecule has 1 fully saturated rings. The molecule has 0 spiro atoms. The topological polar surface area (TPSA) is 17.0 Å². The summed E-state index contributed by atoms with van der Waals surface area (Å²) in [5.74, 6) is 1.03. The smallest absolute Gasteiger partial charge is 0.0220 e. The number of hydrogen-bond acceptors (Lipinski definition) is 1. The largest absolute Gasteiger partial charge is 0.354 e. The Morgan fingerprint density at radius 2 is 2.31 bits per heavy atom. The van der Waals surface area contributed by atoms with E-state index in [1.165, 1.54) is 44.2 Å². The molecule has 90 valence electrons. The Morgan fingerprint density at radius 3 is 3.00 bits per heavy atom. The number of rotatable bonds is 7. The fourth-order valence-corrected chi connectivity index (χ4v) is 2.31. The number of nitrogens with one attached hydrogen (secondary N) is 1. The summed E-state index contributed by atoms with van der Waals surface area (Å²) >= 11 is 0. The molecular weight excluding hydrogens is 196 g/mol. The molecule has 1 N–H and O–H groups in total. The van der Waals surface area contributed by atoms with Crippen molar-refractivity contribution in [3.63, 3.8) is 0 Å². The molecule has 0 aliphatic heterocycles. The van der Waals surface area contributed by atoms with Crippen LogP contribution in [0.15, 0.2) is 18.5 Å². The van der Waals surface area contributed by atoms with E-state index >= 15 is 0 Å². The van der Waals surface area contributed by atoms with Gasteiger partial charge in [-0.2, -0.15) is 0 Å². The first-order chi connectivity index (χ1) is 7.88. The third-order valence-electron chi connectivity index (χ3n) is 3.58. The number of nitrogens with zero attached hydrogens (tertiary/aromatic N) is 1. The molecule has 2 rings (SSSR count). The molecule has 0 saturated heterocycles. The zero-order chi connectivity index (χ0) is 11.2. The first kappa shape index (κ1) is 11.7. The van der Waals surface area contributed by atoms with Gasteiger partial charge in [0.15, 0.2) is 0 Å². The van der Waals surface area contributed by atoms with Gasteiger partial charge >= 0.3 is 0 Å². The maximum absolute atomic E-state index is 3.54. The van der Waals surface area contributed by atoms with E-state index < -0.39 is 0 Å². The van der Waals surface area contributed by atoms with E-state index in [1.54, 1.807) is 0 Å². The van der Waals surface area contributed by atoms with Gasteiger partial charge in [0.1, 0.15) is 0 Å². The number of aromatic nitrogens is 1. The van der Waals surface area contributed by atoms with E-state index in [0.717, 1.165) is 19.0 Å². The van der Waals surface area contributed by atoms with Crippen LogP contribution in [0.2, 0.25) is 0 Å². The third kappa shape index (κ3) is 3.38. The van der Waals surface area contributed by atoms with E-state index in [0.29, 0.717) is 0 Å². The first-order valence-corrected chi connectivity index (χ1v) is 6.74. The molecule has 0 amide bonds. The Labute approximate surface area is 99.0 Å². The van der Waals surface area contributed by atoms with Crippen molar-refractivity contribution in [3.05, 3.63) is 24.0 Å². The average molecular weight is 220 g/mol. The fourth-order valence-electron chi connectivity index (χ4n) is 2.31. The lowest BCUT2D eigenvalue weighted by molar-refractivity contribution is 0.292. The molecule has 1 aliphatic rings. The second-order valence-corrected chi connectivity index (χ2v) is 5.02. The van der Waals surface area contributed by atoms with E-state index in [9.17, 15) is 0 Å². The molecule has 1 aliphatic carbocycles. The van der Waals surface area contributed by atoms with Gasteiger partial charge in [-0.1, -0.05) is 26.2 Å². The van der Waals surface area contributed by atoms with Gasteiger partial charge in [0, 0.05) is 25.5 Å². The lowest BCUT2D eigenvalue weighted by Gasteiger charge is -2.25. The summed E-state index contributed by atoms with van der Waals surface area (Å²) in [7, 11) is 0. The maximum Gasteiger partial charge on any atom is 0.0220 e. The van der Waals surface area contributed by atoms with Crippen LogP contribution in [0, 0.1) is 5.92 Å². The quantitative estimate of drug-likeness (QED) is 0.698. The zero-order valence-corrected chi connectivity index (χ0v) is 10.4. The summed E-state index contributed by atoms with van der Waals surface area (Å²) in [5.41, 5.74) is 1.42. The molecule has 16 heavy (non-hydrogen) atoms. The monoisotopic (exact) mass is 220 g/mol. The highest BCUT2D eigenvalue weighted by Gasteiger charge is 2.15. The van der Waals surface area contributed by atoms with Gasteiger partial charge in [-0.05, 0) is 36.9 Å². The average Bonchev–Trinajstić information content (AvgIpc) is 2.63. The van der Waals surface area contributed by atoms with E-state index in [-0.39, 0.29) is 0 Å². The SMILES string of the molecule is CCCn1ccc(CNCCC2CCC2)c1. The predicted molar refractivity (Wildman–Crippen MR) is 68.4 cm³/mol. The summed E-state index contributed by atoms with van der Waals surface area (Å²) < 4.78 is 2.28. The van der Waals surface area contributed by atoms with Crippen LogP contribution in [-0.4, -0.2) is 11.1 Å². The van der Waals surface area contributed by atoms with Gasteiger partial charge in [-0.3, -0.25) is 0 Å². The summed E-state index contributed by atoms with van der Waals surface area (Å²) in [5, 5.41) is 3.54. The summed E-state index contributed by atoms with van der Waals surface area (Å²) in [4.78, 5) is 0. The molecule has 2 heteroatoms. The lowest BCUT2D eigenvalue weighted by Crippen LogP contribution is -2.20. The van der Waals surface area contributed by atoms with Crippen LogP contribution in [-0.2, 0) is 13.1 Å². The molecule has 0 radical (unpaired) electrons. The van der Waals surface area contributed by atoms with Crippen LogP contribution in [0.3, 0.4) is 0 Å². The molecule has 1 heterocycles. The standard InChI is InChI=1S/C14H24N2/c1-2-9-16-10-7-14(12-16)11-15-8-6-13-4-3-5-13/h7,10,12-13,15H,2-6,8-9,11H2,1H3. The van der Waals surface area contributed by atoms with Crippen molar-refractivity contribution in [2.45, 2.75) is 52.1 Å². The fraction of sp³-hybridized carbons (Fsp3) is 0.714. The first-order valence-electron chi connectivity index (χ1n) is 6.74. The van der Waals surface area contributed by atoms with Crippen LogP contribution in [0.5, 0.6) is 0 Å². The molecule has 0 unspecified atom stereocenters. The van der Waals surface area contributed by atoms with Crippen molar-refractivity contribution in [1.82, 2.24) is 9.88 Å². The van der Waals surface area contributed by atoms with Crippen molar-refractivity contribution in [2.24, 2.45) is 5.92 Å². The lowest BCUT2D eigenvalue weighted by atomic mass is 9.83. The van der Waals surface area contributed by atoms with E-state index in [2.05, 4.69) is 35.3 Å². The molecular formula is C14H24N2. The molecule has 0 aromatic carbocycles.